The third kappa shape index (κ3) is 4.68. The lowest BCUT2D eigenvalue weighted by Gasteiger charge is -2.52. The van der Waals surface area contributed by atoms with Crippen molar-refractivity contribution in [3.05, 3.63) is 28.3 Å². The van der Waals surface area contributed by atoms with Gasteiger partial charge in [-0.3, -0.25) is 28.9 Å². The van der Waals surface area contributed by atoms with Crippen LogP contribution in [0, 0.1) is 29.1 Å². The summed E-state index contributed by atoms with van der Waals surface area (Å²) in [5.41, 5.74) is 4.60. The van der Waals surface area contributed by atoms with Crippen LogP contribution in [0.25, 0.3) is 0 Å². The Morgan fingerprint density at radius 3 is 2.33 bits per heavy atom. The van der Waals surface area contributed by atoms with Crippen molar-refractivity contribution in [1.29, 1.82) is 0 Å². The van der Waals surface area contributed by atoms with Gasteiger partial charge in [-0.1, -0.05) is 20.8 Å². The van der Waals surface area contributed by atoms with Crippen LogP contribution in [0.4, 0.5) is 0 Å². The van der Waals surface area contributed by atoms with Crippen molar-refractivity contribution in [2.75, 3.05) is 27.7 Å². The molecule has 0 heterocycles. The highest BCUT2D eigenvalue weighted by Crippen LogP contribution is 2.51. The zero-order chi connectivity index (χ0) is 29.9. The van der Waals surface area contributed by atoms with Crippen molar-refractivity contribution in [3.8, 4) is 5.75 Å². The maximum absolute atomic E-state index is 14.0. The molecule has 218 valence electrons. The zero-order valence-electron chi connectivity index (χ0n) is 24.0. The van der Waals surface area contributed by atoms with Crippen LogP contribution in [0.3, 0.4) is 0 Å². The first-order valence-electron chi connectivity index (χ1n) is 13.6. The summed E-state index contributed by atoms with van der Waals surface area (Å²) in [6.45, 7) is 7.70. The van der Waals surface area contributed by atoms with Crippen LogP contribution in [-0.2, 0) is 38.7 Å². The normalized spacial score (nSPS) is 30.2. The van der Waals surface area contributed by atoms with Gasteiger partial charge in [0.25, 0.3) is 0 Å². The summed E-state index contributed by atoms with van der Waals surface area (Å²) < 4.78 is 0. The molecule has 1 amide bonds. The van der Waals surface area contributed by atoms with Gasteiger partial charge >= 0.3 is 0 Å². The number of aliphatic hydroxyl groups is 1. The fourth-order valence-corrected chi connectivity index (χ4v) is 6.87. The number of nitrogens with one attached hydrogen (secondary N) is 2. The van der Waals surface area contributed by atoms with E-state index < -0.39 is 64.4 Å². The van der Waals surface area contributed by atoms with E-state index in [1.807, 2.05) is 6.07 Å². The predicted octanol–water partition coefficient (Wildman–Crippen LogP) is -0.278. The van der Waals surface area contributed by atoms with Crippen molar-refractivity contribution in [2.45, 2.75) is 58.3 Å². The fraction of sp³-hybridized carbons (Fsp3) is 0.621. The van der Waals surface area contributed by atoms with E-state index in [1.54, 1.807) is 21.1 Å². The number of benzene rings is 1. The number of phenolic OH excluding ortho intramolecular Hbond substituents is 1. The Kier molecular flexibility index (Phi) is 7.83. The molecule has 3 aliphatic carbocycles. The Morgan fingerprint density at radius 1 is 1.12 bits per heavy atom. The molecule has 2 unspecified atom stereocenters. The Balaban J connectivity index is 1.83. The van der Waals surface area contributed by atoms with E-state index in [0.29, 0.717) is 24.2 Å². The molecule has 3 aliphatic rings. The minimum absolute atomic E-state index is 0.00989. The molecule has 11 nitrogen and oxygen atoms in total. The molecule has 0 radical (unpaired) electrons. The van der Waals surface area contributed by atoms with Crippen molar-refractivity contribution in [1.82, 2.24) is 15.5 Å². The first-order valence-corrected chi connectivity index (χ1v) is 13.6. The number of Topliss-reactive ketones (excluding diaryl/α,β-unsaturated/α-hetero) is 4. The summed E-state index contributed by atoms with van der Waals surface area (Å²) in [4.78, 5) is 68.3. The van der Waals surface area contributed by atoms with Crippen molar-refractivity contribution < 1.29 is 34.2 Å². The van der Waals surface area contributed by atoms with Gasteiger partial charge < -0.3 is 26.6 Å². The highest BCUT2D eigenvalue weighted by Gasteiger charge is 2.69. The lowest BCUT2D eigenvalue weighted by Crippen LogP contribution is -2.74. The largest absolute Gasteiger partial charge is 0.507 e. The predicted molar refractivity (Wildman–Crippen MR) is 145 cm³/mol. The summed E-state index contributed by atoms with van der Waals surface area (Å²) in [6, 6.07) is 0.726. The molecule has 40 heavy (non-hydrogen) atoms. The first kappa shape index (κ1) is 30.0. The molecule has 0 aromatic heterocycles. The fourth-order valence-electron chi connectivity index (χ4n) is 6.87. The number of ketones is 4. The quantitative estimate of drug-likeness (QED) is 0.281. The van der Waals surface area contributed by atoms with E-state index in [1.165, 1.54) is 4.90 Å². The summed E-state index contributed by atoms with van der Waals surface area (Å²) in [7, 11) is 4.84. The molecule has 1 aromatic carbocycles. The lowest BCUT2D eigenvalue weighted by atomic mass is 9.52. The molecule has 0 bridgehead atoms. The molecule has 6 atom stereocenters. The Bertz CT molecular complexity index is 1280. The van der Waals surface area contributed by atoms with Crippen molar-refractivity contribution >= 4 is 29.0 Å². The van der Waals surface area contributed by atoms with E-state index in [-0.39, 0.29) is 36.1 Å². The van der Waals surface area contributed by atoms with E-state index in [2.05, 4.69) is 31.4 Å². The van der Waals surface area contributed by atoms with Crippen molar-refractivity contribution in [2.24, 2.45) is 34.8 Å². The van der Waals surface area contributed by atoms with Crippen LogP contribution in [0.15, 0.2) is 6.07 Å². The lowest BCUT2D eigenvalue weighted by molar-refractivity contribution is -0.181. The average Bonchev–Trinajstić information content (AvgIpc) is 2.83. The average molecular weight is 557 g/mol. The van der Waals surface area contributed by atoms with Crippen molar-refractivity contribution in [3.63, 3.8) is 0 Å². The van der Waals surface area contributed by atoms with Gasteiger partial charge in [0.2, 0.25) is 5.91 Å². The molecule has 0 spiro atoms. The maximum Gasteiger partial charge on any atom is 0.235 e. The van der Waals surface area contributed by atoms with Gasteiger partial charge in [-0.25, -0.2) is 0 Å². The van der Waals surface area contributed by atoms with Gasteiger partial charge in [-0.2, -0.15) is 0 Å². The van der Waals surface area contributed by atoms with Gasteiger partial charge in [-0.05, 0) is 62.5 Å². The minimum atomic E-state index is -2.73. The molecule has 4 rings (SSSR count). The maximum atomic E-state index is 14.0. The standard InChI is InChI=1S/C29H40N4O7/c1-28(2,3)12-32-11-14-7-15(10-31-4)22(34)19-16(14)8-13-9-17-21(33(5)6)24(36)20(27(30)39)26(38)29(17,40)25(37)18(13)23(19)35/h7,13,17-18,20-21,31-32,34,40H,8-12H2,1-6H3,(H2,30,39)/t13-,17-,18?,20?,21-,29-/m0/s1. The number of likely N-dealkylation sites (N-methyl/N-ethyl adjacent to an activating group) is 1. The second-order valence-electron chi connectivity index (χ2n) is 12.9. The van der Waals surface area contributed by atoms with Gasteiger partial charge in [0.05, 0.1) is 17.5 Å². The zero-order valence-corrected chi connectivity index (χ0v) is 24.0. The number of nitrogens with zero attached hydrogens (tertiary/aromatic N) is 1. The second-order valence-corrected chi connectivity index (χ2v) is 12.9. The molecular formula is C29H40N4O7. The van der Waals surface area contributed by atoms with Crippen LogP contribution < -0.4 is 16.4 Å². The summed E-state index contributed by atoms with van der Waals surface area (Å²) in [5.74, 6) is -10.4. The van der Waals surface area contributed by atoms with Gasteiger partial charge in [0.1, 0.15) is 5.75 Å². The molecule has 0 aliphatic heterocycles. The number of phenols is 1. The van der Waals surface area contributed by atoms with E-state index in [9.17, 15) is 34.2 Å². The number of amides is 1. The van der Waals surface area contributed by atoms with Crippen LogP contribution in [0.1, 0.15) is 54.2 Å². The van der Waals surface area contributed by atoms with Crippen LogP contribution >= 0.6 is 0 Å². The van der Waals surface area contributed by atoms with Gasteiger partial charge in [-0.15, -0.1) is 0 Å². The molecule has 0 saturated heterocycles. The Hall–Kier alpha value is -2.99. The molecule has 11 heteroatoms. The van der Waals surface area contributed by atoms with Gasteiger partial charge in [0, 0.05) is 31.1 Å². The molecule has 1 aromatic rings. The molecule has 6 N–H and O–H groups in total. The van der Waals surface area contributed by atoms with E-state index in [0.717, 1.165) is 5.56 Å². The highest BCUT2D eigenvalue weighted by atomic mass is 16.3. The highest BCUT2D eigenvalue weighted by molar-refractivity contribution is 6.32. The monoisotopic (exact) mass is 556 g/mol. The van der Waals surface area contributed by atoms with Crippen LogP contribution in [0.5, 0.6) is 5.75 Å². The van der Waals surface area contributed by atoms with Crippen LogP contribution in [-0.4, -0.2) is 83.5 Å². The topological polar surface area (TPSA) is 179 Å². The summed E-state index contributed by atoms with van der Waals surface area (Å²) in [5, 5.41) is 29.3. The number of rotatable bonds is 7. The number of fused-ring (bicyclic) bond motifs is 3. The van der Waals surface area contributed by atoms with Crippen LogP contribution in [0.2, 0.25) is 0 Å². The minimum Gasteiger partial charge on any atom is -0.507 e. The Labute approximate surface area is 233 Å². The molecular weight excluding hydrogens is 516 g/mol. The number of aromatic hydroxyl groups is 1. The number of nitrogens with two attached hydrogens (primary N) is 1. The summed E-state index contributed by atoms with van der Waals surface area (Å²) >= 11 is 0. The Morgan fingerprint density at radius 2 is 1.77 bits per heavy atom. The number of hydrogen-bond donors (Lipinski definition) is 5. The van der Waals surface area contributed by atoms with Gasteiger partial charge in [0.15, 0.2) is 34.7 Å². The van der Waals surface area contributed by atoms with E-state index in [4.69, 9.17) is 5.73 Å². The molecule has 2 saturated carbocycles. The third-order valence-corrected chi connectivity index (χ3v) is 8.57. The SMILES string of the molecule is CNCc1cc(CNCC(C)(C)C)c2c(c1O)C(=O)C1C(=O)[C@]3(O)C(=O)C(C(N)=O)C(=O)[C@@H](N(C)C)[C@@H]3C[C@@H]1C2. The number of carbonyl (C=O) groups excluding carboxylic acids is 5. The van der Waals surface area contributed by atoms with E-state index >= 15 is 0 Å². The smallest absolute Gasteiger partial charge is 0.235 e. The molecule has 2 fully saturated rings. The number of carbonyl (C=O) groups is 5. The number of primary amides is 1. The first-order chi connectivity index (χ1) is 18.6. The number of hydrogen-bond acceptors (Lipinski definition) is 10. The third-order valence-electron chi connectivity index (χ3n) is 8.57. The summed E-state index contributed by atoms with van der Waals surface area (Å²) in [6.07, 6.45) is 0.267. The second kappa shape index (κ2) is 10.4.